The summed E-state index contributed by atoms with van der Waals surface area (Å²) in [7, 11) is 0. The second kappa shape index (κ2) is 4.56. The molecular formula is C12H18N2. The van der Waals surface area contributed by atoms with Gasteiger partial charge in [-0.1, -0.05) is 19.4 Å². The third kappa shape index (κ3) is 2.55. The molecule has 0 saturated heterocycles. The third-order valence-corrected chi connectivity index (χ3v) is 2.96. The molecule has 0 aromatic carbocycles. The van der Waals surface area contributed by atoms with Gasteiger partial charge in [-0.05, 0) is 24.5 Å². The Morgan fingerprint density at radius 2 is 2.43 bits per heavy atom. The largest absolute Gasteiger partial charge is 0.313 e. The van der Waals surface area contributed by atoms with Crippen LogP contribution in [0, 0.1) is 5.92 Å². The molecule has 2 heteroatoms. The van der Waals surface area contributed by atoms with Gasteiger partial charge in [0.2, 0.25) is 0 Å². The molecule has 2 nitrogen and oxygen atoms in total. The van der Waals surface area contributed by atoms with Crippen molar-refractivity contribution in [2.45, 2.75) is 32.2 Å². The highest BCUT2D eigenvalue weighted by atomic mass is 15.0. The molecule has 1 saturated carbocycles. The lowest BCUT2D eigenvalue weighted by Crippen LogP contribution is -2.21. The van der Waals surface area contributed by atoms with Gasteiger partial charge in [0.15, 0.2) is 0 Å². The zero-order chi connectivity index (χ0) is 9.80. The molecule has 2 unspecified atom stereocenters. The van der Waals surface area contributed by atoms with E-state index in [9.17, 15) is 0 Å². The minimum absolute atomic E-state index is 0.795. The molecule has 2 atom stereocenters. The minimum atomic E-state index is 0.795. The van der Waals surface area contributed by atoms with Crippen molar-refractivity contribution < 1.29 is 0 Å². The van der Waals surface area contributed by atoms with Gasteiger partial charge >= 0.3 is 0 Å². The number of hydrogen-bond acceptors (Lipinski definition) is 2. The van der Waals surface area contributed by atoms with E-state index in [1.807, 2.05) is 18.3 Å². The lowest BCUT2D eigenvalue weighted by molar-refractivity contribution is 0.619. The summed E-state index contributed by atoms with van der Waals surface area (Å²) in [4.78, 5) is 4.30. The topological polar surface area (TPSA) is 24.9 Å². The van der Waals surface area contributed by atoms with E-state index in [1.54, 1.807) is 0 Å². The van der Waals surface area contributed by atoms with Gasteiger partial charge in [0, 0.05) is 30.9 Å². The summed E-state index contributed by atoms with van der Waals surface area (Å²) in [5.74, 6) is 0.943. The van der Waals surface area contributed by atoms with Gasteiger partial charge in [-0.3, -0.25) is 4.98 Å². The summed E-state index contributed by atoms with van der Waals surface area (Å²) in [6.45, 7) is 3.34. The summed E-state index contributed by atoms with van der Waals surface area (Å²) in [6, 6.07) is 6.90. The molecule has 0 aliphatic heterocycles. The lowest BCUT2D eigenvalue weighted by atomic mass is 10.2. The molecule has 1 aliphatic carbocycles. The van der Waals surface area contributed by atoms with Crippen molar-refractivity contribution >= 4 is 0 Å². The maximum Gasteiger partial charge on any atom is 0.0416 e. The molecule has 2 rings (SSSR count). The maximum atomic E-state index is 4.30. The fraction of sp³-hybridized carbons (Fsp3) is 0.583. The number of hydrogen-bond donors (Lipinski definition) is 1. The number of aromatic nitrogens is 1. The van der Waals surface area contributed by atoms with Crippen LogP contribution in [0.2, 0.25) is 0 Å². The molecule has 0 amide bonds. The van der Waals surface area contributed by atoms with Gasteiger partial charge in [-0.15, -0.1) is 0 Å². The number of nitrogens with one attached hydrogen (secondary N) is 1. The van der Waals surface area contributed by atoms with Crippen molar-refractivity contribution in [2.24, 2.45) is 5.92 Å². The molecule has 1 heterocycles. The summed E-state index contributed by atoms with van der Waals surface area (Å²) in [6.07, 6.45) is 5.61. The van der Waals surface area contributed by atoms with Crippen LogP contribution in [-0.2, 0) is 6.42 Å². The number of rotatable bonds is 5. The van der Waals surface area contributed by atoms with Crippen molar-refractivity contribution in [3.8, 4) is 0 Å². The quantitative estimate of drug-likeness (QED) is 0.768. The van der Waals surface area contributed by atoms with E-state index >= 15 is 0 Å². The first-order chi connectivity index (χ1) is 6.90. The Kier molecular flexibility index (Phi) is 3.14. The average molecular weight is 190 g/mol. The fourth-order valence-corrected chi connectivity index (χ4v) is 1.88. The van der Waals surface area contributed by atoms with Crippen LogP contribution >= 0.6 is 0 Å². The molecule has 0 radical (unpaired) electrons. The summed E-state index contributed by atoms with van der Waals surface area (Å²) >= 11 is 0. The SMILES string of the molecule is CCC1CC1NCCc1ccccn1. The molecule has 0 spiro atoms. The number of pyridine rings is 1. The van der Waals surface area contributed by atoms with E-state index in [0.29, 0.717) is 0 Å². The summed E-state index contributed by atoms with van der Waals surface area (Å²) in [5.41, 5.74) is 1.19. The third-order valence-electron chi connectivity index (χ3n) is 2.96. The molecule has 14 heavy (non-hydrogen) atoms. The van der Waals surface area contributed by atoms with E-state index in [2.05, 4.69) is 23.3 Å². The Hall–Kier alpha value is -0.890. The Morgan fingerprint density at radius 3 is 3.07 bits per heavy atom. The van der Waals surface area contributed by atoms with E-state index in [4.69, 9.17) is 0 Å². The lowest BCUT2D eigenvalue weighted by Gasteiger charge is -2.02. The second-order valence-electron chi connectivity index (χ2n) is 4.04. The van der Waals surface area contributed by atoms with Gasteiger partial charge in [0.25, 0.3) is 0 Å². The molecule has 1 aliphatic rings. The standard InChI is InChI=1S/C12H18N2/c1-2-10-9-12(10)14-8-6-11-5-3-4-7-13-11/h3-5,7,10,12,14H,2,6,8-9H2,1H3. The molecule has 1 fully saturated rings. The predicted octanol–water partition coefficient (Wildman–Crippen LogP) is 2.01. The van der Waals surface area contributed by atoms with E-state index in [0.717, 1.165) is 24.9 Å². The van der Waals surface area contributed by atoms with Crippen LogP contribution in [0.25, 0.3) is 0 Å². The monoisotopic (exact) mass is 190 g/mol. The van der Waals surface area contributed by atoms with Crippen molar-refractivity contribution in [1.29, 1.82) is 0 Å². The average Bonchev–Trinajstić information content (AvgIpc) is 2.98. The molecular weight excluding hydrogens is 172 g/mol. The highest BCUT2D eigenvalue weighted by molar-refractivity contribution is 5.04. The zero-order valence-electron chi connectivity index (χ0n) is 8.74. The summed E-state index contributed by atoms with van der Waals surface area (Å²) < 4.78 is 0. The predicted molar refractivity (Wildman–Crippen MR) is 58.1 cm³/mol. The zero-order valence-corrected chi connectivity index (χ0v) is 8.74. The maximum absolute atomic E-state index is 4.30. The van der Waals surface area contributed by atoms with Crippen LogP contribution in [0.4, 0.5) is 0 Å². The Labute approximate surface area is 85.7 Å². The Morgan fingerprint density at radius 1 is 1.50 bits per heavy atom. The van der Waals surface area contributed by atoms with Crippen molar-refractivity contribution in [3.05, 3.63) is 30.1 Å². The molecule has 76 valence electrons. The normalized spacial score (nSPS) is 24.9. The van der Waals surface area contributed by atoms with Crippen molar-refractivity contribution in [2.75, 3.05) is 6.54 Å². The van der Waals surface area contributed by atoms with E-state index in [-0.39, 0.29) is 0 Å². The first-order valence-electron chi connectivity index (χ1n) is 5.53. The van der Waals surface area contributed by atoms with Crippen LogP contribution in [0.3, 0.4) is 0 Å². The van der Waals surface area contributed by atoms with Crippen LogP contribution in [0.1, 0.15) is 25.5 Å². The molecule has 1 N–H and O–H groups in total. The van der Waals surface area contributed by atoms with Crippen LogP contribution in [0.5, 0.6) is 0 Å². The van der Waals surface area contributed by atoms with Gasteiger partial charge < -0.3 is 5.32 Å². The Balaban J connectivity index is 1.64. The van der Waals surface area contributed by atoms with Crippen molar-refractivity contribution in [3.63, 3.8) is 0 Å². The smallest absolute Gasteiger partial charge is 0.0416 e. The minimum Gasteiger partial charge on any atom is -0.313 e. The second-order valence-corrected chi connectivity index (χ2v) is 4.04. The van der Waals surface area contributed by atoms with Gasteiger partial charge in [-0.25, -0.2) is 0 Å². The summed E-state index contributed by atoms with van der Waals surface area (Å²) in [5, 5.41) is 3.57. The number of nitrogens with zero attached hydrogens (tertiary/aromatic N) is 1. The first kappa shape index (κ1) is 9.66. The van der Waals surface area contributed by atoms with E-state index in [1.165, 1.54) is 18.5 Å². The highest BCUT2D eigenvalue weighted by Gasteiger charge is 2.34. The molecule has 0 bridgehead atoms. The fourth-order valence-electron chi connectivity index (χ4n) is 1.88. The van der Waals surface area contributed by atoms with E-state index < -0.39 is 0 Å². The van der Waals surface area contributed by atoms with Crippen molar-refractivity contribution in [1.82, 2.24) is 10.3 Å². The molecule has 1 aromatic heterocycles. The van der Waals surface area contributed by atoms with Crippen LogP contribution in [0.15, 0.2) is 24.4 Å². The van der Waals surface area contributed by atoms with Crippen LogP contribution in [-0.4, -0.2) is 17.6 Å². The van der Waals surface area contributed by atoms with Crippen LogP contribution < -0.4 is 5.32 Å². The van der Waals surface area contributed by atoms with Gasteiger partial charge in [0.05, 0.1) is 0 Å². The first-order valence-corrected chi connectivity index (χ1v) is 5.53. The Bertz CT molecular complexity index is 271. The highest BCUT2D eigenvalue weighted by Crippen LogP contribution is 2.32. The van der Waals surface area contributed by atoms with Gasteiger partial charge in [-0.2, -0.15) is 0 Å². The molecule has 1 aromatic rings. The van der Waals surface area contributed by atoms with Gasteiger partial charge in [0.1, 0.15) is 0 Å².